The van der Waals surface area contributed by atoms with Gasteiger partial charge in [-0.1, -0.05) is 49.6 Å². The molecule has 0 bridgehead atoms. The first-order chi connectivity index (χ1) is 12.8. The largest absolute Gasteiger partial charge is 0.357 e. The van der Waals surface area contributed by atoms with Gasteiger partial charge >= 0.3 is 0 Å². The van der Waals surface area contributed by atoms with Crippen molar-refractivity contribution in [3.8, 4) is 0 Å². The molecule has 1 fully saturated rings. The molecule has 0 aliphatic heterocycles. The van der Waals surface area contributed by atoms with Crippen molar-refractivity contribution >= 4 is 35.8 Å². The Hall–Kier alpha value is -1.31. The molecule has 2 rings (SSSR count). The van der Waals surface area contributed by atoms with Gasteiger partial charge in [-0.15, -0.1) is 24.0 Å². The van der Waals surface area contributed by atoms with Gasteiger partial charge < -0.3 is 16.0 Å². The van der Waals surface area contributed by atoms with Gasteiger partial charge in [0.1, 0.15) is 0 Å². The number of benzene rings is 1. The van der Waals surface area contributed by atoms with Crippen LogP contribution in [0.25, 0.3) is 0 Å². The zero-order chi connectivity index (χ0) is 18.5. The second-order valence-electron chi connectivity index (χ2n) is 6.93. The maximum atomic E-state index is 12.1. The van der Waals surface area contributed by atoms with Crippen molar-refractivity contribution < 1.29 is 4.79 Å². The highest BCUT2D eigenvalue weighted by Gasteiger charge is 2.15. The van der Waals surface area contributed by atoms with Crippen molar-refractivity contribution in [3.05, 3.63) is 35.9 Å². The number of guanidine groups is 1. The van der Waals surface area contributed by atoms with Crippen LogP contribution in [-0.2, 0) is 11.2 Å². The summed E-state index contributed by atoms with van der Waals surface area (Å²) in [6.45, 7) is 4.26. The summed E-state index contributed by atoms with van der Waals surface area (Å²) in [4.78, 5) is 16.7. The van der Waals surface area contributed by atoms with Gasteiger partial charge in [-0.05, 0) is 38.2 Å². The summed E-state index contributed by atoms with van der Waals surface area (Å²) in [6.07, 6.45) is 8.59. The Morgan fingerprint density at radius 2 is 1.85 bits per heavy atom. The molecule has 5 nitrogen and oxygen atoms in total. The minimum atomic E-state index is 0. The number of hydrogen-bond donors (Lipinski definition) is 3. The average molecular weight is 486 g/mol. The molecule has 0 atom stereocenters. The lowest BCUT2D eigenvalue weighted by Crippen LogP contribution is -2.41. The van der Waals surface area contributed by atoms with Crippen LogP contribution in [0.3, 0.4) is 0 Å². The zero-order valence-electron chi connectivity index (χ0n) is 16.5. The van der Waals surface area contributed by atoms with E-state index in [-0.39, 0.29) is 29.9 Å². The number of nitrogens with zero attached hydrogens (tertiary/aromatic N) is 1. The average Bonchev–Trinajstić information content (AvgIpc) is 2.67. The van der Waals surface area contributed by atoms with Crippen LogP contribution < -0.4 is 16.0 Å². The number of amides is 1. The van der Waals surface area contributed by atoms with Crippen LogP contribution in [0.15, 0.2) is 35.3 Å². The van der Waals surface area contributed by atoms with Crippen LogP contribution in [0.4, 0.5) is 0 Å². The van der Waals surface area contributed by atoms with Gasteiger partial charge in [0.05, 0.1) is 0 Å². The lowest BCUT2D eigenvalue weighted by molar-refractivity contribution is -0.121. The molecule has 0 saturated heterocycles. The summed E-state index contributed by atoms with van der Waals surface area (Å²) >= 11 is 0. The third-order valence-electron chi connectivity index (χ3n) is 4.70. The van der Waals surface area contributed by atoms with E-state index in [0.717, 1.165) is 44.7 Å². The quantitative estimate of drug-likeness (QED) is 0.216. The molecule has 1 amide bonds. The molecule has 27 heavy (non-hydrogen) atoms. The van der Waals surface area contributed by atoms with Crippen molar-refractivity contribution in [2.75, 3.05) is 19.6 Å². The second-order valence-corrected chi connectivity index (χ2v) is 6.93. The number of nitrogens with one attached hydrogen (secondary N) is 3. The Morgan fingerprint density at radius 3 is 2.56 bits per heavy atom. The molecule has 0 aromatic heterocycles. The minimum absolute atomic E-state index is 0. The summed E-state index contributed by atoms with van der Waals surface area (Å²) in [5.41, 5.74) is 1.35. The van der Waals surface area contributed by atoms with E-state index in [9.17, 15) is 4.79 Å². The molecular weight excluding hydrogens is 451 g/mol. The summed E-state index contributed by atoms with van der Waals surface area (Å²) in [5.74, 6) is 0.940. The van der Waals surface area contributed by atoms with Crippen molar-refractivity contribution in [2.45, 2.75) is 64.3 Å². The van der Waals surface area contributed by atoms with Gasteiger partial charge in [0.2, 0.25) is 5.91 Å². The predicted molar refractivity (Wildman–Crippen MR) is 124 cm³/mol. The molecule has 1 saturated carbocycles. The molecular formula is C21H35IN4O. The number of rotatable bonds is 9. The SMILES string of the molecule is CCNC(=NCCCc1ccccc1)NCCC(=O)NC1CCCCC1.I. The summed E-state index contributed by atoms with van der Waals surface area (Å²) in [5, 5.41) is 9.66. The molecule has 1 aliphatic carbocycles. The van der Waals surface area contributed by atoms with Crippen LogP contribution >= 0.6 is 24.0 Å². The number of carbonyl (C=O) groups is 1. The Kier molecular flexibility index (Phi) is 12.9. The Balaban J connectivity index is 0.00000364. The third kappa shape index (κ3) is 10.6. The van der Waals surface area contributed by atoms with E-state index in [2.05, 4.69) is 52.1 Å². The van der Waals surface area contributed by atoms with Gasteiger partial charge in [-0.2, -0.15) is 0 Å². The number of halogens is 1. The van der Waals surface area contributed by atoms with Crippen LogP contribution in [-0.4, -0.2) is 37.5 Å². The Labute approximate surface area is 181 Å². The minimum Gasteiger partial charge on any atom is -0.357 e. The van der Waals surface area contributed by atoms with E-state index < -0.39 is 0 Å². The van der Waals surface area contributed by atoms with E-state index in [1.165, 1.54) is 24.8 Å². The standard InChI is InChI=1S/C21H34N4O.HI/c1-2-22-21(23-16-9-12-18-10-5-3-6-11-18)24-17-15-20(26)25-19-13-7-4-8-14-19;/h3,5-6,10-11,19H,2,4,7-9,12-17H2,1H3,(H,25,26)(H2,22,23,24);1H. The molecule has 1 aliphatic rings. The van der Waals surface area contributed by atoms with Crippen molar-refractivity contribution in [1.82, 2.24) is 16.0 Å². The van der Waals surface area contributed by atoms with E-state index >= 15 is 0 Å². The molecule has 0 unspecified atom stereocenters. The normalized spacial score (nSPS) is 14.9. The fourth-order valence-corrected chi connectivity index (χ4v) is 3.30. The van der Waals surface area contributed by atoms with Crippen LogP contribution in [0.2, 0.25) is 0 Å². The number of hydrogen-bond acceptors (Lipinski definition) is 2. The lowest BCUT2D eigenvalue weighted by Gasteiger charge is -2.22. The monoisotopic (exact) mass is 486 g/mol. The number of carbonyl (C=O) groups excluding carboxylic acids is 1. The summed E-state index contributed by atoms with van der Waals surface area (Å²) in [6, 6.07) is 10.9. The zero-order valence-corrected chi connectivity index (χ0v) is 18.8. The molecule has 152 valence electrons. The highest BCUT2D eigenvalue weighted by molar-refractivity contribution is 14.0. The van der Waals surface area contributed by atoms with Crippen LogP contribution in [0.5, 0.6) is 0 Å². The van der Waals surface area contributed by atoms with Crippen molar-refractivity contribution in [3.63, 3.8) is 0 Å². The van der Waals surface area contributed by atoms with Gasteiger partial charge in [0.15, 0.2) is 5.96 Å². The lowest BCUT2D eigenvalue weighted by atomic mass is 9.95. The van der Waals surface area contributed by atoms with Gasteiger partial charge in [0, 0.05) is 32.1 Å². The van der Waals surface area contributed by atoms with Crippen molar-refractivity contribution in [1.29, 1.82) is 0 Å². The third-order valence-corrected chi connectivity index (χ3v) is 4.70. The first-order valence-corrected chi connectivity index (χ1v) is 10.1. The van der Waals surface area contributed by atoms with Crippen molar-refractivity contribution in [2.24, 2.45) is 4.99 Å². The first kappa shape index (κ1) is 23.7. The Morgan fingerprint density at radius 1 is 1.11 bits per heavy atom. The maximum Gasteiger partial charge on any atom is 0.221 e. The maximum absolute atomic E-state index is 12.1. The van der Waals surface area contributed by atoms with Crippen LogP contribution in [0.1, 0.15) is 57.4 Å². The molecule has 0 heterocycles. The van der Waals surface area contributed by atoms with E-state index in [4.69, 9.17) is 0 Å². The highest BCUT2D eigenvalue weighted by Crippen LogP contribution is 2.17. The summed E-state index contributed by atoms with van der Waals surface area (Å²) < 4.78 is 0. The van der Waals surface area contributed by atoms with Crippen LogP contribution in [0, 0.1) is 0 Å². The van der Waals surface area contributed by atoms with Gasteiger partial charge in [0.25, 0.3) is 0 Å². The topological polar surface area (TPSA) is 65.5 Å². The molecule has 3 N–H and O–H groups in total. The fraction of sp³-hybridized carbons (Fsp3) is 0.619. The molecule has 6 heteroatoms. The van der Waals surface area contributed by atoms with E-state index in [0.29, 0.717) is 19.0 Å². The highest BCUT2D eigenvalue weighted by atomic mass is 127. The smallest absolute Gasteiger partial charge is 0.221 e. The predicted octanol–water partition coefficient (Wildman–Crippen LogP) is 3.63. The second kappa shape index (κ2) is 14.7. The molecule has 0 radical (unpaired) electrons. The van der Waals surface area contributed by atoms with E-state index in [1.807, 2.05) is 6.07 Å². The van der Waals surface area contributed by atoms with E-state index in [1.54, 1.807) is 0 Å². The molecule has 0 spiro atoms. The van der Waals surface area contributed by atoms with Gasteiger partial charge in [-0.3, -0.25) is 9.79 Å². The molecule has 1 aromatic rings. The molecule has 1 aromatic carbocycles. The summed E-state index contributed by atoms with van der Waals surface area (Å²) in [7, 11) is 0. The number of aliphatic imine (C=N–C) groups is 1. The fourth-order valence-electron chi connectivity index (χ4n) is 3.30. The Bertz CT molecular complexity index is 544. The van der Waals surface area contributed by atoms with Gasteiger partial charge in [-0.25, -0.2) is 0 Å². The number of aryl methyl sites for hydroxylation is 1. The first-order valence-electron chi connectivity index (χ1n) is 10.1.